The zero-order valence-corrected chi connectivity index (χ0v) is 17.5. The van der Waals surface area contributed by atoms with Crippen LogP contribution < -0.4 is 0 Å². The normalized spacial score (nSPS) is 11.6. The highest BCUT2D eigenvalue weighted by atomic mass is 16.7. The molecule has 0 aliphatic rings. The van der Waals surface area contributed by atoms with E-state index in [-0.39, 0.29) is 32.3 Å². The fourth-order valence-corrected chi connectivity index (χ4v) is 2.96. The Labute approximate surface area is 166 Å². The van der Waals surface area contributed by atoms with Gasteiger partial charge in [-0.25, -0.2) is 0 Å². The summed E-state index contributed by atoms with van der Waals surface area (Å²) in [4.78, 5) is 16.8. The second-order valence-electron chi connectivity index (χ2n) is 7.17. The third-order valence-electron chi connectivity index (χ3n) is 4.57. The van der Waals surface area contributed by atoms with E-state index in [0.29, 0.717) is 6.42 Å². The molecule has 0 bridgehead atoms. The zero-order chi connectivity index (χ0) is 20.0. The van der Waals surface area contributed by atoms with Crippen molar-refractivity contribution in [2.75, 3.05) is 26.3 Å². The molecule has 0 saturated carbocycles. The van der Waals surface area contributed by atoms with Gasteiger partial charge in [-0.1, -0.05) is 70.4 Å². The Hall–Kier alpha value is -0.910. The predicted molar refractivity (Wildman–Crippen MR) is 111 cm³/mol. The third-order valence-corrected chi connectivity index (χ3v) is 4.57. The van der Waals surface area contributed by atoms with Crippen LogP contribution in [0.3, 0.4) is 0 Å². The number of hydrogen-bond acceptors (Lipinski definition) is 5. The summed E-state index contributed by atoms with van der Waals surface area (Å²) >= 11 is 0. The number of aliphatic hydroxyl groups is 2. The Morgan fingerprint density at radius 2 is 1.26 bits per heavy atom. The van der Waals surface area contributed by atoms with Gasteiger partial charge in [-0.3, -0.25) is 4.79 Å². The van der Waals surface area contributed by atoms with Crippen LogP contribution in [0.4, 0.5) is 0 Å². The van der Waals surface area contributed by atoms with Crippen LogP contribution in [0.2, 0.25) is 0 Å². The molecule has 0 rings (SSSR count). The maximum atomic E-state index is 11.7. The summed E-state index contributed by atoms with van der Waals surface area (Å²) in [6, 6.07) is 0. The average Bonchev–Trinajstić information content (AvgIpc) is 2.65. The quantitative estimate of drug-likeness (QED) is 0.179. The molecular formula is C22H43NO4. The van der Waals surface area contributed by atoms with E-state index in [1.165, 1.54) is 62.9 Å². The summed E-state index contributed by atoms with van der Waals surface area (Å²) in [5.74, 6) is -0.283. The van der Waals surface area contributed by atoms with Crippen molar-refractivity contribution in [3.8, 4) is 0 Å². The molecule has 160 valence electrons. The Morgan fingerprint density at radius 1 is 0.778 bits per heavy atom. The van der Waals surface area contributed by atoms with Crippen molar-refractivity contribution in [2.24, 2.45) is 0 Å². The fraction of sp³-hybridized carbons (Fsp3) is 0.864. The second-order valence-corrected chi connectivity index (χ2v) is 7.17. The first-order valence-corrected chi connectivity index (χ1v) is 11.1. The molecule has 0 aromatic heterocycles. The van der Waals surface area contributed by atoms with Gasteiger partial charge in [-0.2, -0.15) is 0 Å². The summed E-state index contributed by atoms with van der Waals surface area (Å²) in [5.41, 5.74) is 0. The molecule has 0 atom stereocenters. The highest BCUT2D eigenvalue weighted by molar-refractivity contribution is 5.68. The molecule has 0 saturated heterocycles. The van der Waals surface area contributed by atoms with Crippen LogP contribution in [0, 0.1) is 0 Å². The number of carbonyl (C=O) groups is 1. The summed E-state index contributed by atoms with van der Waals surface area (Å²) < 4.78 is 0. The van der Waals surface area contributed by atoms with E-state index in [1.54, 1.807) is 0 Å². The summed E-state index contributed by atoms with van der Waals surface area (Å²) in [7, 11) is 0. The van der Waals surface area contributed by atoms with Gasteiger partial charge in [0.05, 0.1) is 26.3 Å². The summed E-state index contributed by atoms with van der Waals surface area (Å²) in [6.07, 6.45) is 21.0. The maximum absolute atomic E-state index is 11.7. The number of hydrogen-bond donors (Lipinski definition) is 2. The van der Waals surface area contributed by atoms with Crippen LogP contribution in [0.25, 0.3) is 0 Å². The first-order valence-electron chi connectivity index (χ1n) is 11.1. The van der Waals surface area contributed by atoms with Gasteiger partial charge in [0.15, 0.2) is 0 Å². The first-order chi connectivity index (χ1) is 13.2. The van der Waals surface area contributed by atoms with E-state index in [2.05, 4.69) is 19.1 Å². The number of allylic oxidation sites excluding steroid dienone is 2. The number of rotatable bonds is 20. The molecule has 0 unspecified atom stereocenters. The van der Waals surface area contributed by atoms with Crippen molar-refractivity contribution in [3.05, 3.63) is 12.2 Å². The van der Waals surface area contributed by atoms with Gasteiger partial charge in [-0.05, 0) is 32.1 Å². The molecule has 0 aliphatic heterocycles. The van der Waals surface area contributed by atoms with Gasteiger partial charge in [0.2, 0.25) is 0 Å². The molecule has 0 aliphatic carbocycles. The van der Waals surface area contributed by atoms with Crippen molar-refractivity contribution in [2.45, 2.75) is 96.8 Å². The van der Waals surface area contributed by atoms with Crippen molar-refractivity contribution < 1.29 is 19.8 Å². The average molecular weight is 386 g/mol. The van der Waals surface area contributed by atoms with Crippen molar-refractivity contribution in [1.82, 2.24) is 5.06 Å². The van der Waals surface area contributed by atoms with Crippen LogP contribution >= 0.6 is 0 Å². The lowest BCUT2D eigenvalue weighted by molar-refractivity contribution is -0.194. The summed E-state index contributed by atoms with van der Waals surface area (Å²) in [6.45, 7) is 2.53. The SMILES string of the molecule is CCCCCCCC/C=C/CCCCCCCC(=O)ON(CCO)CCO. The molecule has 0 amide bonds. The van der Waals surface area contributed by atoms with Gasteiger partial charge in [-0.15, -0.1) is 5.06 Å². The number of unbranched alkanes of at least 4 members (excludes halogenated alkanes) is 11. The largest absolute Gasteiger partial charge is 0.395 e. The number of hydroxylamine groups is 2. The highest BCUT2D eigenvalue weighted by Gasteiger charge is 2.10. The van der Waals surface area contributed by atoms with Crippen molar-refractivity contribution >= 4 is 5.97 Å². The molecule has 0 radical (unpaired) electrons. The third kappa shape index (κ3) is 19.7. The molecule has 5 nitrogen and oxygen atoms in total. The molecular weight excluding hydrogens is 342 g/mol. The monoisotopic (exact) mass is 385 g/mol. The number of nitrogens with zero attached hydrogens (tertiary/aromatic N) is 1. The predicted octanol–water partition coefficient (Wildman–Crippen LogP) is 4.77. The lowest BCUT2D eigenvalue weighted by Gasteiger charge is -2.18. The Kier molecular flexibility index (Phi) is 20.7. The molecule has 27 heavy (non-hydrogen) atoms. The van der Waals surface area contributed by atoms with E-state index in [4.69, 9.17) is 15.1 Å². The minimum Gasteiger partial charge on any atom is -0.395 e. The van der Waals surface area contributed by atoms with Crippen LogP contribution in [0.5, 0.6) is 0 Å². The Bertz CT molecular complexity index is 341. The molecule has 0 aromatic rings. The van der Waals surface area contributed by atoms with Crippen molar-refractivity contribution in [1.29, 1.82) is 0 Å². The van der Waals surface area contributed by atoms with Gasteiger partial charge in [0.1, 0.15) is 0 Å². The molecule has 0 spiro atoms. The summed E-state index contributed by atoms with van der Waals surface area (Å²) in [5, 5.41) is 19.1. The van der Waals surface area contributed by atoms with E-state index < -0.39 is 0 Å². The highest BCUT2D eigenvalue weighted by Crippen LogP contribution is 2.10. The first kappa shape index (κ1) is 26.1. The van der Waals surface area contributed by atoms with Crippen LogP contribution in [0.15, 0.2) is 12.2 Å². The molecule has 2 N–H and O–H groups in total. The van der Waals surface area contributed by atoms with Crippen LogP contribution in [-0.2, 0) is 9.63 Å². The van der Waals surface area contributed by atoms with Crippen LogP contribution in [-0.4, -0.2) is 47.5 Å². The van der Waals surface area contributed by atoms with Crippen molar-refractivity contribution in [3.63, 3.8) is 0 Å². The zero-order valence-electron chi connectivity index (χ0n) is 17.5. The second kappa shape index (κ2) is 21.4. The van der Waals surface area contributed by atoms with Gasteiger partial charge >= 0.3 is 5.97 Å². The lowest BCUT2D eigenvalue weighted by Crippen LogP contribution is -2.32. The molecule has 0 aromatic carbocycles. The molecule has 0 fully saturated rings. The van der Waals surface area contributed by atoms with E-state index in [9.17, 15) is 4.79 Å². The number of aliphatic hydroxyl groups excluding tert-OH is 2. The van der Waals surface area contributed by atoms with Gasteiger partial charge in [0.25, 0.3) is 0 Å². The Morgan fingerprint density at radius 3 is 1.78 bits per heavy atom. The molecule has 5 heteroatoms. The smallest absolute Gasteiger partial charge is 0.325 e. The minimum atomic E-state index is -0.283. The maximum Gasteiger partial charge on any atom is 0.325 e. The minimum absolute atomic E-state index is 0.0965. The standard InChI is InChI=1S/C22H43NO4/c1-2-3-4-5-6-7-8-9-10-11-12-13-14-15-16-17-22(26)27-23(18-20-24)19-21-25/h9-10,24-25H,2-8,11-21H2,1H3/b10-9+. The fourth-order valence-electron chi connectivity index (χ4n) is 2.96. The molecule has 0 heterocycles. The number of carbonyl (C=O) groups excluding carboxylic acids is 1. The Balaban J connectivity index is 3.38. The van der Waals surface area contributed by atoms with E-state index in [0.717, 1.165) is 25.7 Å². The van der Waals surface area contributed by atoms with E-state index in [1.807, 2.05) is 0 Å². The van der Waals surface area contributed by atoms with E-state index >= 15 is 0 Å². The van der Waals surface area contributed by atoms with Gasteiger partial charge < -0.3 is 15.1 Å². The lowest BCUT2D eigenvalue weighted by atomic mass is 10.1. The van der Waals surface area contributed by atoms with Crippen LogP contribution in [0.1, 0.15) is 96.8 Å². The topological polar surface area (TPSA) is 70.0 Å². The van der Waals surface area contributed by atoms with Gasteiger partial charge in [0, 0.05) is 6.42 Å².